The Balaban J connectivity index is 1.82. The molecule has 0 radical (unpaired) electrons. The Hall–Kier alpha value is -1.33. The Morgan fingerprint density at radius 1 is 1.65 bits per heavy atom. The number of carboxylic acid groups (broad SMARTS) is 1. The monoisotopic (exact) mass is 239 g/mol. The van der Waals surface area contributed by atoms with Gasteiger partial charge in [0.1, 0.15) is 5.76 Å². The van der Waals surface area contributed by atoms with Gasteiger partial charge < -0.3 is 19.6 Å². The summed E-state index contributed by atoms with van der Waals surface area (Å²) in [7, 11) is 0. The first-order valence-corrected chi connectivity index (χ1v) is 5.80. The van der Waals surface area contributed by atoms with Crippen LogP contribution in [0.1, 0.15) is 29.7 Å². The van der Waals surface area contributed by atoms with Gasteiger partial charge >= 0.3 is 5.97 Å². The van der Waals surface area contributed by atoms with Crippen LogP contribution >= 0.6 is 0 Å². The summed E-state index contributed by atoms with van der Waals surface area (Å²) in [5.41, 5.74) is 0. The molecule has 2 atom stereocenters. The third-order valence-electron chi connectivity index (χ3n) is 3.14. The minimum atomic E-state index is -1.03. The SMILES string of the molecule is CC(NCc1ccc(C(=O)O)o1)C1CCOC1. The number of nitrogens with one attached hydrogen (secondary N) is 1. The van der Waals surface area contributed by atoms with Crippen molar-refractivity contribution >= 4 is 5.97 Å². The summed E-state index contributed by atoms with van der Waals surface area (Å²) in [6.45, 7) is 4.29. The van der Waals surface area contributed by atoms with E-state index in [2.05, 4.69) is 12.2 Å². The first-order valence-electron chi connectivity index (χ1n) is 5.80. The second-order valence-corrected chi connectivity index (χ2v) is 4.36. The number of hydrogen-bond acceptors (Lipinski definition) is 4. The molecule has 2 heterocycles. The molecule has 5 heteroatoms. The van der Waals surface area contributed by atoms with Crippen LogP contribution in [0.2, 0.25) is 0 Å². The first-order chi connectivity index (χ1) is 8.16. The van der Waals surface area contributed by atoms with Gasteiger partial charge in [-0.1, -0.05) is 0 Å². The van der Waals surface area contributed by atoms with Crippen LogP contribution in [0.4, 0.5) is 0 Å². The van der Waals surface area contributed by atoms with Crippen molar-refractivity contribution in [3.8, 4) is 0 Å². The molecule has 1 aliphatic heterocycles. The minimum absolute atomic E-state index is 0.0151. The topological polar surface area (TPSA) is 71.7 Å². The molecule has 94 valence electrons. The highest BCUT2D eigenvalue weighted by Gasteiger charge is 2.22. The molecule has 1 aromatic heterocycles. The Labute approximate surface area is 99.8 Å². The minimum Gasteiger partial charge on any atom is -0.475 e. The van der Waals surface area contributed by atoms with Gasteiger partial charge in [-0.05, 0) is 31.4 Å². The molecule has 1 fully saturated rings. The second kappa shape index (κ2) is 5.33. The summed E-state index contributed by atoms with van der Waals surface area (Å²) in [6.07, 6.45) is 1.08. The van der Waals surface area contributed by atoms with Crippen LogP contribution in [0.15, 0.2) is 16.5 Å². The van der Waals surface area contributed by atoms with E-state index >= 15 is 0 Å². The van der Waals surface area contributed by atoms with Gasteiger partial charge in [0.15, 0.2) is 0 Å². The molecule has 0 aliphatic carbocycles. The predicted octanol–water partition coefficient (Wildman–Crippen LogP) is 1.49. The van der Waals surface area contributed by atoms with Gasteiger partial charge in [-0.3, -0.25) is 0 Å². The lowest BCUT2D eigenvalue weighted by molar-refractivity contribution is 0.0660. The van der Waals surface area contributed by atoms with Gasteiger partial charge in [-0.2, -0.15) is 0 Å². The van der Waals surface area contributed by atoms with Crippen molar-refractivity contribution in [3.63, 3.8) is 0 Å². The summed E-state index contributed by atoms with van der Waals surface area (Å²) in [5.74, 6) is 0.129. The van der Waals surface area contributed by atoms with Crippen molar-refractivity contribution in [3.05, 3.63) is 23.7 Å². The zero-order valence-corrected chi connectivity index (χ0v) is 9.81. The molecule has 1 aromatic rings. The summed E-state index contributed by atoms with van der Waals surface area (Å²) >= 11 is 0. The lowest BCUT2D eigenvalue weighted by Crippen LogP contribution is -2.33. The van der Waals surface area contributed by atoms with Gasteiger partial charge in [0, 0.05) is 12.6 Å². The van der Waals surface area contributed by atoms with E-state index in [0.717, 1.165) is 19.6 Å². The Bertz CT molecular complexity index is 382. The fraction of sp³-hybridized carbons (Fsp3) is 0.583. The maximum absolute atomic E-state index is 10.6. The molecule has 1 saturated heterocycles. The van der Waals surface area contributed by atoms with Crippen LogP contribution < -0.4 is 5.32 Å². The fourth-order valence-corrected chi connectivity index (χ4v) is 1.96. The van der Waals surface area contributed by atoms with Crippen molar-refractivity contribution in [2.24, 2.45) is 5.92 Å². The summed E-state index contributed by atoms with van der Waals surface area (Å²) in [6, 6.07) is 3.51. The number of furan rings is 1. The van der Waals surface area contributed by atoms with E-state index in [1.165, 1.54) is 6.07 Å². The number of rotatable bonds is 5. The second-order valence-electron chi connectivity index (χ2n) is 4.36. The van der Waals surface area contributed by atoms with Crippen molar-refractivity contribution in [2.75, 3.05) is 13.2 Å². The Morgan fingerprint density at radius 3 is 3.06 bits per heavy atom. The van der Waals surface area contributed by atoms with Crippen molar-refractivity contribution in [2.45, 2.75) is 25.9 Å². The van der Waals surface area contributed by atoms with Crippen molar-refractivity contribution < 1.29 is 19.1 Å². The van der Waals surface area contributed by atoms with Crippen LogP contribution in [0, 0.1) is 5.92 Å². The molecular weight excluding hydrogens is 222 g/mol. The summed E-state index contributed by atoms with van der Waals surface area (Å²) < 4.78 is 10.5. The van der Waals surface area contributed by atoms with E-state index in [4.69, 9.17) is 14.3 Å². The van der Waals surface area contributed by atoms with Gasteiger partial charge in [0.05, 0.1) is 13.2 Å². The predicted molar refractivity (Wildman–Crippen MR) is 60.9 cm³/mol. The quantitative estimate of drug-likeness (QED) is 0.814. The largest absolute Gasteiger partial charge is 0.475 e. The molecule has 17 heavy (non-hydrogen) atoms. The van der Waals surface area contributed by atoms with Gasteiger partial charge in [0.2, 0.25) is 5.76 Å². The Morgan fingerprint density at radius 2 is 2.47 bits per heavy atom. The number of aromatic carboxylic acids is 1. The smallest absolute Gasteiger partial charge is 0.371 e. The average molecular weight is 239 g/mol. The zero-order chi connectivity index (χ0) is 12.3. The van der Waals surface area contributed by atoms with Crippen LogP contribution in [-0.2, 0) is 11.3 Å². The molecule has 1 aliphatic rings. The number of carboxylic acids is 1. The van der Waals surface area contributed by atoms with Crippen molar-refractivity contribution in [1.82, 2.24) is 5.32 Å². The average Bonchev–Trinajstić information content (AvgIpc) is 2.97. The molecule has 0 amide bonds. The van der Waals surface area contributed by atoms with E-state index in [1.807, 2.05) is 0 Å². The maximum atomic E-state index is 10.6. The van der Waals surface area contributed by atoms with E-state index in [1.54, 1.807) is 6.07 Å². The molecule has 0 bridgehead atoms. The molecule has 2 rings (SSSR count). The lowest BCUT2D eigenvalue weighted by atomic mass is 10.0. The van der Waals surface area contributed by atoms with Gasteiger partial charge in [-0.15, -0.1) is 0 Å². The van der Waals surface area contributed by atoms with Gasteiger partial charge in [0.25, 0.3) is 0 Å². The molecule has 0 spiro atoms. The highest BCUT2D eigenvalue weighted by Crippen LogP contribution is 2.17. The van der Waals surface area contributed by atoms with E-state index in [9.17, 15) is 4.79 Å². The molecule has 0 aromatic carbocycles. The summed E-state index contributed by atoms with van der Waals surface area (Å²) in [5, 5.41) is 12.0. The number of ether oxygens (including phenoxy) is 1. The lowest BCUT2D eigenvalue weighted by Gasteiger charge is -2.18. The van der Waals surface area contributed by atoms with Crippen LogP contribution in [0.25, 0.3) is 0 Å². The highest BCUT2D eigenvalue weighted by atomic mass is 16.5. The first kappa shape index (κ1) is 12.1. The third-order valence-corrected chi connectivity index (χ3v) is 3.14. The fourth-order valence-electron chi connectivity index (χ4n) is 1.96. The summed E-state index contributed by atoms with van der Waals surface area (Å²) in [4.78, 5) is 10.6. The highest BCUT2D eigenvalue weighted by molar-refractivity contribution is 5.84. The van der Waals surface area contributed by atoms with Crippen LogP contribution in [-0.4, -0.2) is 30.3 Å². The standard InChI is InChI=1S/C12H17NO4/c1-8(9-4-5-16-7-9)13-6-10-2-3-11(17-10)12(14)15/h2-3,8-9,13H,4-7H2,1H3,(H,14,15). The van der Waals surface area contributed by atoms with Gasteiger partial charge in [-0.25, -0.2) is 4.79 Å². The maximum Gasteiger partial charge on any atom is 0.371 e. The normalized spacial score (nSPS) is 21.6. The molecule has 2 unspecified atom stereocenters. The van der Waals surface area contributed by atoms with E-state index < -0.39 is 5.97 Å². The van der Waals surface area contributed by atoms with E-state index in [-0.39, 0.29) is 5.76 Å². The molecular formula is C12H17NO4. The zero-order valence-electron chi connectivity index (χ0n) is 9.81. The van der Waals surface area contributed by atoms with Crippen LogP contribution in [0.3, 0.4) is 0 Å². The Kier molecular flexibility index (Phi) is 3.81. The molecule has 5 nitrogen and oxygen atoms in total. The van der Waals surface area contributed by atoms with E-state index in [0.29, 0.717) is 24.3 Å². The van der Waals surface area contributed by atoms with Crippen LogP contribution in [0.5, 0.6) is 0 Å². The number of carbonyl (C=O) groups is 1. The molecule has 0 saturated carbocycles. The van der Waals surface area contributed by atoms with Crippen molar-refractivity contribution in [1.29, 1.82) is 0 Å². The number of hydrogen-bond donors (Lipinski definition) is 2. The third kappa shape index (κ3) is 3.08. The molecule has 2 N–H and O–H groups in total.